The summed E-state index contributed by atoms with van der Waals surface area (Å²) in [5, 5.41) is 17.7. The molecule has 0 bridgehead atoms. The fourth-order valence-electron chi connectivity index (χ4n) is 2.40. The molecule has 0 radical (unpaired) electrons. The first-order valence-corrected chi connectivity index (χ1v) is 7.04. The van der Waals surface area contributed by atoms with Gasteiger partial charge < -0.3 is 19.8 Å². The largest absolute Gasteiger partial charge is 0.490 e. The van der Waals surface area contributed by atoms with Crippen molar-refractivity contribution >= 4 is 23.4 Å². The summed E-state index contributed by atoms with van der Waals surface area (Å²) >= 11 is 0. The van der Waals surface area contributed by atoms with Crippen LogP contribution >= 0.6 is 0 Å². The number of carbonyl (C=O) groups excluding carboxylic acids is 1. The van der Waals surface area contributed by atoms with Crippen LogP contribution in [0.1, 0.15) is 10.4 Å². The van der Waals surface area contributed by atoms with Crippen molar-refractivity contribution in [2.24, 2.45) is 0 Å². The van der Waals surface area contributed by atoms with Gasteiger partial charge in [0.15, 0.2) is 5.78 Å². The quantitative estimate of drug-likeness (QED) is 0.684. The molecule has 1 heterocycles. The van der Waals surface area contributed by atoms with Crippen LogP contribution in [0.3, 0.4) is 0 Å². The molecule has 0 saturated carbocycles. The number of fused-ring (bicyclic) bond motifs is 1. The molecule has 0 aromatic heterocycles. The lowest BCUT2D eigenvalue weighted by atomic mass is 10.1. The molecule has 2 rings (SSSR count). The number of carboxylic acid groups (broad SMARTS) is 2. The van der Waals surface area contributed by atoms with E-state index in [1.807, 2.05) is 0 Å². The van der Waals surface area contributed by atoms with Crippen LogP contribution < -0.4 is 9.64 Å². The van der Waals surface area contributed by atoms with Gasteiger partial charge in [-0.25, -0.2) is 0 Å². The molecule has 0 saturated heterocycles. The molecule has 23 heavy (non-hydrogen) atoms. The fourth-order valence-corrected chi connectivity index (χ4v) is 2.40. The highest BCUT2D eigenvalue weighted by Crippen LogP contribution is 2.32. The van der Waals surface area contributed by atoms with Crippen LogP contribution in [-0.2, 0) is 9.59 Å². The minimum absolute atomic E-state index is 0.0368. The Labute approximate surface area is 132 Å². The molecule has 0 amide bonds. The maximum absolute atomic E-state index is 12.2. The molecular formula is C15H18N2O6. The van der Waals surface area contributed by atoms with Crippen molar-refractivity contribution in [1.29, 1.82) is 0 Å². The van der Waals surface area contributed by atoms with E-state index in [2.05, 4.69) is 0 Å². The minimum Gasteiger partial charge on any atom is -0.490 e. The van der Waals surface area contributed by atoms with Crippen molar-refractivity contribution in [1.82, 2.24) is 4.90 Å². The molecular weight excluding hydrogens is 304 g/mol. The van der Waals surface area contributed by atoms with Gasteiger partial charge in [-0.2, -0.15) is 0 Å². The van der Waals surface area contributed by atoms with E-state index in [0.717, 1.165) is 0 Å². The van der Waals surface area contributed by atoms with Crippen LogP contribution in [0.25, 0.3) is 0 Å². The van der Waals surface area contributed by atoms with Crippen LogP contribution in [0, 0.1) is 0 Å². The van der Waals surface area contributed by atoms with Crippen LogP contribution in [0.15, 0.2) is 18.2 Å². The Balaban J connectivity index is 2.16. The maximum Gasteiger partial charge on any atom is 0.323 e. The number of ether oxygens (including phenoxy) is 1. The monoisotopic (exact) mass is 322 g/mol. The molecule has 0 unspecified atom stereocenters. The second-order valence-electron chi connectivity index (χ2n) is 5.34. The smallest absolute Gasteiger partial charge is 0.323 e. The van der Waals surface area contributed by atoms with Crippen molar-refractivity contribution in [3.05, 3.63) is 23.8 Å². The van der Waals surface area contributed by atoms with Gasteiger partial charge in [-0.3, -0.25) is 19.3 Å². The van der Waals surface area contributed by atoms with Gasteiger partial charge in [0.05, 0.1) is 25.3 Å². The molecule has 8 heteroatoms. The number of hydrogen-bond donors (Lipinski definition) is 2. The van der Waals surface area contributed by atoms with E-state index in [0.29, 0.717) is 30.2 Å². The number of rotatable bonds is 7. The summed E-state index contributed by atoms with van der Waals surface area (Å²) in [4.78, 5) is 36.8. The Bertz CT molecular complexity index is 630. The molecule has 0 spiro atoms. The molecule has 1 aliphatic rings. The second-order valence-corrected chi connectivity index (χ2v) is 5.34. The summed E-state index contributed by atoms with van der Waals surface area (Å²) in [6.07, 6.45) is 0. The van der Waals surface area contributed by atoms with Crippen LogP contribution in [0.4, 0.5) is 5.69 Å². The van der Waals surface area contributed by atoms with Gasteiger partial charge in [0.1, 0.15) is 18.9 Å². The fraction of sp³-hybridized carbons (Fsp3) is 0.400. The number of nitrogens with zero attached hydrogens (tertiary/aromatic N) is 2. The van der Waals surface area contributed by atoms with Gasteiger partial charge in [-0.1, -0.05) is 0 Å². The van der Waals surface area contributed by atoms with Crippen molar-refractivity contribution in [2.75, 3.05) is 44.7 Å². The number of Topliss-reactive ketones (excluding diaryl/α,β-unsaturated/α-hetero) is 1. The number of carboxylic acids is 2. The first kappa shape index (κ1) is 16.8. The third-order valence-electron chi connectivity index (χ3n) is 3.39. The highest BCUT2D eigenvalue weighted by molar-refractivity contribution is 5.99. The molecule has 1 aromatic rings. The Morgan fingerprint density at radius 1 is 1.22 bits per heavy atom. The van der Waals surface area contributed by atoms with Gasteiger partial charge in [-0.05, 0) is 25.2 Å². The van der Waals surface area contributed by atoms with Gasteiger partial charge in [-0.15, -0.1) is 0 Å². The molecule has 8 nitrogen and oxygen atoms in total. The molecule has 1 aliphatic heterocycles. The minimum atomic E-state index is -1.01. The zero-order valence-electron chi connectivity index (χ0n) is 12.7. The molecule has 124 valence electrons. The lowest BCUT2D eigenvalue weighted by molar-refractivity contribution is -0.138. The lowest BCUT2D eigenvalue weighted by Gasteiger charge is -2.30. The second kappa shape index (κ2) is 7.10. The highest BCUT2D eigenvalue weighted by Gasteiger charge is 2.22. The van der Waals surface area contributed by atoms with Crippen molar-refractivity contribution in [2.45, 2.75) is 0 Å². The summed E-state index contributed by atoms with van der Waals surface area (Å²) < 4.78 is 5.47. The number of benzene rings is 1. The zero-order chi connectivity index (χ0) is 17.0. The van der Waals surface area contributed by atoms with E-state index in [1.165, 1.54) is 4.90 Å². The number of likely N-dealkylation sites (N-methyl/N-ethyl adjacent to an activating group) is 1. The number of ketones is 1. The molecule has 0 aliphatic carbocycles. The first-order chi connectivity index (χ1) is 10.9. The van der Waals surface area contributed by atoms with Crippen LogP contribution in [-0.4, -0.2) is 72.7 Å². The first-order valence-electron chi connectivity index (χ1n) is 7.04. The van der Waals surface area contributed by atoms with Crippen molar-refractivity contribution < 1.29 is 29.3 Å². The van der Waals surface area contributed by atoms with Gasteiger partial charge in [0.25, 0.3) is 0 Å². The van der Waals surface area contributed by atoms with Crippen LogP contribution in [0.5, 0.6) is 5.75 Å². The number of anilines is 1. The van der Waals surface area contributed by atoms with E-state index >= 15 is 0 Å². The van der Waals surface area contributed by atoms with E-state index in [-0.39, 0.29) is 25.4 Å². The Hall–Kier alpha value is -2.61. The average molecular weight is 322 g/mol. The topological polar surface area (TPSA) is 107 Å². The predicted octanol–water partition coefficient (Wildman–Crippen LogP) is 0.169. The summed E-state index contributed by atoms with van der Waals surface area (Å²) in [5.41, 5.74) is 0.951. The zero-order valence-corrected chi connectivity index (χ0v) is 12.7. The summed E-state index contributed by atoms with van der Waals surface area (Å²) in [6.45, 7) is 0.369. The van der Waals surface area contributed by atoms with E-state index in [1.54, 1.807) is 30.1 Å². The van der Waals surface area contributed by atoms with Gasteiger partial charge >= 0.3 is 11.9 Å². The molecule has 0 atom stereocenters. The Kier molecular flexibility index (Phi) is 5.17. The summed E-state index contributed by atoms with van der Waals surface area (Å²) in [6, 6.07) is 4.82. The normalized spacial score (nSPS) is 13.4. The number of aliphatic carboxylic acids is 2. The lowest BCUT2D eigenvalue weighted by Crippen LogP contribution is -2.37. The maximum atomic E-state index is 12.2. The van der Waals surface area contributed by atoms with E-state index in [9.17, 15) is 14.4 Å². The predicted molar refractivity (Wildman–Crippen MR) is 81.2 cm³/mol. The average Bonchev–Trinajstić information content (AvgIpc) is 2.45. The van der Waals surface area contributed by atoms with Crippen molar-refractivity contribution in [3.8, 4) is 5.75 Å². The van der Waals surface area contributed by atoms with Crippen molar-refractivity contribution in [3.63, 3.8) is 0 Å². The summed E-state index contributed by atoms with van der Waals surface area (Å²) in [5.74, 6) is -1.67. The third-order valence-corrected chi connectivity index (χ3v) is 3.39. The number of carbonyl (C=O) groups is 3. The SMILES string of the molecule is CN(CC(=O)O)CC(=O)c1ccc2c(c1)N(CC(=O)O)CCO2. The standard InChI is InChI=1S/C15H18N2O6/c1-16(8-14(19)20)7-12(18)10-2-3-13-11(6-10)17(4-5-23-13)9-15(21)22/h2-3,6H,4-5,7-9H2,1H3,(H,19,20)(H,21,22). The van der Waals surface area contributed by atoms with Crippen LogP contribution in [0.2, 0.25) is 0 Å². The van der Waals surface area contributed by atoms with E-state index in [4.69, 9.17) is 14.9 Å². The van der Waals surface area contributed by atoms with E-state index < -0.39 is 11.9 Å². The summed E-state index contributed by atoms with van der Waals surface area (Å²) in [7, 11) is 1.55. The van der Waals surface area contributed by atoms with Gasteiger partial charge in [0.2, 0.25) is 0 Å². The Morgan fingerprint density at radius 3 is 2.61 bits per heavy atom. The van der Waals surface area contributed by atoms with Gasteiger partial charge in [0, 0.05) is 5.56 Å². The number of hydrogen-bond acceptors (Lipinski definition) is 6. The molecule has 2 N–H and O–H groups in total. The molecule has 1 aromatic carbocycles. The molecule has 0 fully saturated rings. The Morgan fingerprint density at radius 2 is 1.96 bits per heavy atom. The third kappa shape index (κ3) is 4.43. The highest BCUT2D eigenvalue weighted by atomic mass is 16.5.